The summed E-state index contributed by atoms with van der Waals surface area (Å²) in [6.45, 7) is 1.59. The second-order valence-corrected chi connectivity index (χ2v) is 6.06. The minimum atomic E-state index is -0.361. The van der Waals surface area contributed by atoms with Gasteiger partial charge in [-0.15, -0.1) is 0 Å². The zero-order valence-electron chi connectivity index (χ0n) is 14.2. The molecule has 0 radical (unpaired) electrons. The molecule has 0 saturated heterocycles. The van der Waals surface area contributed by atoms with Crippen LogP contribution in [0, 0.1) is 5.82 Å². The first-order valence-corrected chi connectivity index (χ1v) is 7.99. The van der Waals surface area contributed by atoms with E-state index >= 15 is 0 Å². The fourth-order valence-electron chi connectivity index (χ4n) is 2.48. The van der Waals surface area contributed by atoms with Crippen molar-refractivity contribution in [2.75, 3.05) is 33.9 Å². The minimum Gasteiger partial charge on any atom is -0.491 e. The van der Waals surface area contributed by atoms with Gasteiger partial charge < -0.3 is 19.7 Å². The minimum absolute atomic E-state index is 0.266. The number of ether oxygens (including phenoxy) is 2. The predicted octanol–water partition coefficient (Wildman–Crippen LogP) is 2.02. The smallest absolute Gasteiger partial charge is 0.253 e. The van der Waals surface area contributed by atoms with E-state index in [0.29, 0.717) is 23.8 Å². The number of fused-ring (bicyclic) bond motifs is 1. The number of hydrogen-bond donors (Lipinski definition) is 1. The van der Waals surface area contributed by atoms with Crippen molar-refractivity contribution in [3.63, 3.8) is 0 Å². The van der Waals surface area contributed by atoms with Gasteiger partial charge in [0.2, 0.25) is 5.88 Å². The van der Waals surface area contributed by atoms with E-state index in [0.717, 1.165) is 12.1 Å². The molecule has 6 nitrogen and oxygen atoms in total. The lowest BCUT2D eigenvalue weighted by Crippen LogP contribution is -2.29. The third-order valence-corrected chi connectivity index (χ3v) is 3.85. The number of carbonyl (C=O) groups excluding carboxylic acids is 1. The molecule has 1 amide bonds. The number of nitrogens with one attached hydrogen (secondary N) is 1. The highest BCUT2D eigenvalue weighted by molar-refractivity contribution is 5.94. The summed E-state index contributed by atoms with van der Waals surface area (Å²) in [5.74, 6) is 0.314. The lowest BCUT2D eigenvalue weighted by atomic mass is 10.1. The maximum atomic E-state index is 13.2. The summed E-state index contributed by atoms with van der Waals surface area (Å²) < 4.78 is 24.1. The van der Waals surface area contributed by atoms with E-state index in [1.807, 2.05) is 19.0 Å². The number of likely N-dealkylation sites (N-methyl/N-ethyl adjacent to an activating group) is 1. The fourth-order valence-corrected chi connectivity index (χ4v) is 2.48. The van der Waals surface area contributed by atoms with Crippen LogP contribution in [0.25, 0.3) is 0 Å². The van der Waals surface area contributed by atoms with Gasteiger partial charge in [-0.25, -0.2) is 9.37 Å². The van der Waals surface area contributed by atoms with Gasteiger partial charge in [0, 0.05) is 30.4 Å². The molecule has 0 bridgehead atoms. The van der Waals surface area contributed by atoms with Crippen molar-refractivity contribution >= 4 is 5.91 Å². The molecule has 1 aromatic carbocycles. The average molecular weight is 345 g/mol. The lowest BCUT2D eigenvalue weighted by Gasteiger charge is -2.12. The van der Waals surface area contributed by atoms with Crippen LogP contribution in [0.5, 0.6) is 11.6 Å². The van der Waals surface area contributed by atoms with Crippen molar-refractivity contribution in [1.29, 1.82) is 0 Å². The maximum absolute atomic E-state index is 13.2. The van der Waals surface area contributed by atoms with Crippen molar-refractivity contribution in [1.82, 2.24) is 15.2 Å². The predicted molar refractivity (Wildman–Crippen MR) is 90.4 cm³/mol. The van der Waals surface area contributed by atoms with Gasteiger partial charge >= 0.3 is 0 Å². The van der Waals surface area contributed by atoms with E-state index in [1.54, 1.807) is 18.2 Å². The van der Waals surface area contributed by atoms with E-state index in [-0.39, 0.29) is 24.4 Å². The highest BCUT2D eigenvalue weighted by Gasteiger charge is 2.26. The number of hydrogen-bond acceptors (Lipinski definition) is 5. The van der Waals surface area contributed by atoms with Gasteiger partial charge in [0.25, 0.3) is 5.91 Å². The largest absolute Gasteiger partial charge is 0.491 e. The van der Waals surface area contributed by atoms with Gasteiger partial charge in [0.1, 0.15) is 24.8 Å². The van der Waals surface area contributed by atoms with Crippen LogP contribution in [0.15, 0.2) is 36.5 Å². The summed E-state index contributed by atoms with van der Waals surface area (Å²) in [6.07, 6.45) is 1.47. The summed E-state index contributed by atoms with van der Waals surface area (Å²) in [7, 11) is 3.92. The van der Waals surface area contributed by atoms with Crippen LogP contribution in [0.4, 0.5) is 4.39 Å². The van der Waals surface area contributed by atoms with Gasteiger partial charge in [-0.3, -0.25) is 4.79 Å². The van der Waals surface area contributed by atoms with Gasteiger partial charge in [-0.2, -0.15) is 0 Å². The van der Waals surface area contributed by atoms with Crippen LogP contribution in [-0.2, 0) is 0 Å². The molecule has 1 aromatic heterocycles. The second-order valence-electron chi connectivity index (χ2n) is 6.06. The molecule has 1 aliphatic rings. The maximum Gasteiger partial charge on any atom is 0.253 e. The summed E-state index contributed by atoms with van der Waals surface area (Å²) in [5, 5.41) is 2.87. The number of rotatable bonds is 6. The molecule has 1 unspecified atom stereocenters. The highest BCUT2D eigenvalue weighted by Crippen LogP contribution is 2.32. The van der Waals surface area contributed by atoms with Crippen molar-refractivity contribution in [2.45, 2.75) is 6.04 Å². The Balaban J connectivity index is 1.59. The molecule has 132 valence electrons. The van der Waals surface area contributed by atoms with Crippen molar-refractivity contribution < 1.29 is 18.7 Å². The molecule has 3 rings (SSSR count). The molecule has 0 spiro atoms. The summed E-state index contributed by atoms with van der Waals surface area (Å²) in [6, 6.07) is 7.33. The third kappa shape index (κ3) is 4.24. The van der Waals surface area contributed by atoms with Crippen LogP contribution < -0.4 is 14.8 Å². The quantitative estimate of drug-likeness (QED) is 0.868. The molecular formula is C18H20FN3O3. The third-order valence-electron chi connectivity index (χ3n) is 3.85. The molecule has 2 heterocycles. The molecule has 1 aliphatic heterocycles. The van der Waals surface area contributed by atoms with Gasteiger partial charge in [0.05, 0.1) is 11.6 Å². The van der Waals surface area contributed by atoms with Crippen LogP contribution in [-0.4, -0.2) is 49.6 Å². The molecule has 1 atom stereocenters. The number of carbonyl (C=O) groups is 1. The number of amides is 1. The van der Waals surface area contributed by atoms with Gasteiger partial charge in [-0.1, -0.05) is 6.07 Å². The summed E-state index contributed by atoms with van der Waals surface area (Å²) in [5.41, 5.74) is 1.20. The Morgan fingerprint density at radius 3 is 2.96 bits per heavy atom. The number of aromatic nitrogens is 1. The van der Waals surface area contributed by atoms with E-state index in [9.17, 15) is 9.18 Å². The number of pyridine rings is 1. The first-order valence-electron chi connectivity index (χ1n) is 7.99. The van der Waals surface area contributed by atoms with Gasteiger partial charge in [0.15, 0.2) is 0 Å². The molecule has 0 aliphatic carbocycles. The zero-order chi connectivity index (χ0) is 17.8. The topological polar surface area (TPSA) is 63.7 Å². The van der Waals surface area contributed by atoms with E-state index in [4.69, 9.17) is 9.47 Å². The molecule has 25 heavy (non-hydrogen) atoms. The Labute approximate surface area is 145 Å². The number of halogens is 1. The zero-order valence-corrected chi connectivity index (χ0v) is 14.2. The average Bonchev–Trinajstić information content (AvgIpc) is 2.97. The van der Waals surface area contributed by atoms with Crippen molar-refractivity contribution in [2.24, 2.45) is 0 Å². The molecular weight excluding hydrogens is 325 g/mol. The molecule has 7 heteroatoms. The second kappa shape index (κ2) is 7.48. The SMILES string of the molecule is CN(C)CCOc1ccc(C(=O)NC2COc3cc(F)ccc32)cn1. The summed E-state index contributed by atoms with van der Waals surface area (Å²) >= 11 is 0. The van der Waals surface area contributed by atoms with Crippen molar-refractivity contribution in [3.8, 4) is 11.6 Å². The molecule has 1 N–H and O–H groups in total. The summed E-state index contributed by atoms with van der Waals surface area (Å²) in [4.78, 5) is 18.5. The number of nitrogens with zero attached hydrogens (tertiary/aromatic N) is 2. The Hall–Kier alpha value is -2.67. The van der Waals surface area contributed by atoms with Gasteiger partial charge in [-0.05, 0) is 26.2 Å². The molecule has 2 aromatic rings. The van der Waals surface area contributed by atoms with E-state index < -0.39 is 0 Å². The standard InChI is InChI=1S/C18H20FN3O3/c1-22(2)7-8-24-17-6-3-12(10-20-17)18(23)21-15-11-25-16-9-13(19)4-5-14(15)16/h3-6,9-10,15H,7-8,11H2,1-2H3,(H,21,23). The monoisotopic (exact) mass is 345 g/mol. The van der Waals surface area contributed by atoms with Crippen LogP contribution in [0.3, 0.4) is 0 Å². The Kier molecular flexibility index (Phi) is 5.14. The Morgan fingerprint density at radius 2 is 2.24 bits per heavy atom. The lowest BCUT2D eigenvalue weighted by molar-refractivity contribution is 0.0930. The fraction of sp³-hybridized carbons (Fsp3) is 0.333. The van der Waals surface area contributed by atoms with Crippen molar-refractivity contribution in [3.05, 3.63) is 53.5 Å². The molecule has 0 fully saturated rings. The Morgan fingerprint density at radius 1 is 1.40 bits per heavy atom. The van der Waals surface area contributed by atoms with E-state index in [2.05, 4.69) is 10.3 Å². The Bertz CT molecular complexity index is 750. The molecule has 0 saturated carbocycles. The highest BCUT2D eigenvalue weighted by atomic mass is 19.1. The van der Waals surface area contributed by atoms with E-state index in [1.165, 1.54) is 18.3 Å². The first-order chi connectivity index (χ1) is 12.0. The normalized spacial score (nSPS) is 15.6. The van der Waals surface area contributed by atoms with Crippen LogP contribution in [0.2, 0.25) is 0 Å². The number of benzene rings is 1. The van der Waals surface area contributed by atoms with Crippen LogP contribution >= 0.6 is 0 Å². The van der Waals surface area contributed by atoms with Crippen LogP contribution in [0.1, 0.15) is 22.0 Å². The first kappa shape index (κ1) is 17.2.